The van der Waals surface area contributed by atoms with Gasteiger partial charge in [-0.1, -0.05) is 0 Å². The lowest BCUT2D eigenvalue weighted by Crippen LogP contribution is -2.38. The minimum absolute atomic E-state index is 0.0412. The van der Waals surface area contributed by atoms with Gasteiger partial charge in [-0.25, -0.2) is 12.8 Å². The van der Waals surface area contributed by atoms with Crippen molar-refractivity contribution in [3.63, 3.8) is 0 Å². The zero-order valence-corrected chi connectivity index (χ0v) is 12.4. The summed E-state index contributed by atoms with van der Waals surface area (Å²) in [6.07, 6.45) is 0. The van der Waals surface area contributed by atoms with E-state index in [4.69, 9.17) is 19.3 Å². The van der Waals surface area contributed by atoms with E-state index in [1.54, 1.807) is 0 Å². The molecule has 0 radical (unpaired) electrons. The lowest BCUT2D eigenvalue weighted by molar-refractivity contribution is -0.137. The van der Waals surface area contributed by atoms with Gasteiger partial charge in [-0.2, -0.15) is 4.31 Å². The lowest BCUT2D eigenvalue weighted by Gasteiger charge is -2.21. The summed E-state index contributed by atoms with van der Waals surface area (Å²) in [7, 11) is -3.10. The first-order valence-electron chi connectivity index (χ1n) is 6.17. The molecule has 0 saturated heterocycles. The summed E-state index contributed by atoms with van der Waals surface area (Å²) in [5.41, 5.74) is 0. The predicted molar refractivity (Wildman–Crippen MR) is 70.8 cm³/mol. The summed E-state index contributed by atoms with van der Waals surface area (Å²) in [6.45, 7) is -1.34. The van der Waals surface area contributed by atoms with Gasteiger partial charge in [-0.05, 0) is 12.1 Å². The fourth-order valence-corrected chi connectivity index (χ4v) is 3.48. The van der Waals surface area contributed by atoms with Crippen molar-refractivity contribution in [1.29, 1.82) is 0 Å². The Bertz CT molecular complexity index is 676. The number of rotatable bonds is 7. The number of carboxylic acid groups (broad SMARTS) is 1. The van der Waals surface area contributed by atoms with Crippen LogP contribution in [0.5, 0.6) is 11.5 Å². The molecule has 1 heterocycles. The number of halogens is 1. The smallest absolute Gasteiger partial charge is 0.318 e. The van der Waals surface area contributed by atoms with Gasteiger partial charge < -0.3 is 19.3 Å². The monoisotopic (exact) mass is 335 g/mol. The van der Waals surface area contributed by atoms with E-state index in [-0.39, 0.29) is 31.4 Å². The molecule has 22 heavy (non-hydrogen) atoms. The Kier molecular flexibility index (Phi) is 4.84. The molecule has 0 unspecified atom stereocenters. The van der Waals surface area contributed by atoms with E-state index in [1.807, 2.05) is 0 Å². The van der Waals surface area contributed by atoms with Gasteiger partial charge in [0.2, 0.25) is 16.8 Å². The van der Waals surface area contributed by atoms with Crippen LogP contribution in [0.2, 0.25) is 0 Å². The number of aliphatic carboxylic acids is 1. The number of fused-ring (bicyclic) bond motifs is 1. The third-order valence-electron chi connectivity index (χ3n) is 2.90. The highest BCUT2D eigenvalue weighted by molar-refractivity contribution is 7.89. The molecule has 0 saturated carbocycles. The van der Waals surface area contributed by atoms with Crippen LogP contribution in [0.1, 0.15) is 0 Å². The topological polar surface area (TPSA) is 102 Å². The molecule has 1 aromatic rings. The van der Waals surface area contributed by atoms with E-state index in [2.05, 4.69) is 0 Å². The van der Waals surface area contributed by atoms with Crippen LogP contribution in [0.25, 0.3) is 0 Å². The van der Waals surface area contributed by atoms with Crippen LogP contribution in [0.15, 0.2) is 17.0 Å². The summed E-state index contributed by atoms with van der Waals surface area (Å²) >= 11 is 0. The van der Waals surface area contributed by atoms with Crippen LogP contribution >= 0.6 is 0 Å². The molecule has 1 N–H and O–H groups in total. The van der Waals surface area contributed by atoms with Gasteiger partial charge in [0, 0.05) is 13.7 Å². The predicted octanol–water partition coefficient (Wildman–Crippen LogP) is 0.276. The highest BCUT2D eigenvalue weighted by atomic mass is 32.2. The maximum atomic E-state index is 14.0. The number of methoxy groups -OCH3 is 1. The molecule has 0 bridgehead atoms. The van der Waals surface area contributed by atoms with Gasteiger partial charge in [0.15, 0.2) is 16.4 Å². The first-order chi connectivity index (χ1) is 10.4. The van der Waals surface area contributed by atoms with E-state index in [0.717, 1.165) is 6.07 Å². The fraction of sp³-hybridized carbons (Fsp3) is 0.417. The molecule has 122 valence electrons. The van der Waals surface area contributed by atoms with Crippen molar-refractivity contribution in [3.05, 3.63) is 17.9 Å². The van der Waals surface area contributed by atoms with Crippen LogP contribution in [-0.2, 0) is 19.6 Å². The van der Waals surface area contributed by atoms with E-state index in [0.29, 0.717) is 4.31 Å². The summed E-state index contributed by atoms with van der Waals surface area (Å²) in [4.78, 5) is 10.1. The summed E-state index contributed by atoms with van der Waals surface area (Å²) in [6, 6.07) is 2.17. The van der Waals surface area contributed by atoms with Gasteiger partial charge in [0.25, 0.3) is 0 Å². The van der Waals surface area contributed by atoms with Crippen molar-refractivity contribution in [2.75, 3.05) is 33.6 Å². The van der Waals surface area contributed by atoms with Gasteiger partial charge in [0.05, 0.1) is 6.61 Å². The highest BCUT2D eigenvalue weighted by Gasteiger charge is 2.35. The van der Waals surface area contributed by atoms with Crippen LogP contribution in [0, 0.1) is 5.82 Å². The van der Waals surface area contributed by atoms with Gasteiger partial charge in [-0.3, -0.25) is 4.79 Å². The fourth-order valence-electron chi connectivity index (χ4n) is 1.92. The standard InChI is InChI=1S/C12H14FNO7S/c1-19-5-4-14(6-10(15)16)22(17,18)12-8(13)2-3-9-11(12)21-7-20-9/h2-3H,4-7H2,1H3,(H,15,16). The quantitative estimate of drug-likeness (QED) is 0.763. The van der Waals surface area contributed by atoms with Crippen molar-refractivity contribution in [3.8, 4) is 11.5 Å². The van der Waals surface area contributed by atoms with E-state index < -0.39 is 33.3 Å². The third kappa shape index (κ3) is 3.13. The van der Waals surface area contributed by atoms with E-state index in [1.165, 1.54) is 13.2 Å². The molecule has 1 aliphatic rings. The summed E-state index contributed by atoms with van der Waals surface area (Å²) in [5.74, 6) is -2.59. The summed E-state index contributed by atoms with van der Waals surface area (Å²) in [5, 5.41) is 8.86. The number of carbonyl (C=O) groups is 1. The first kappa shape index (κ1) is 16.5. The molecule has 0 aliphatic carbocycles. The van der Waals surface area contributed by atoms with Crippen LogP contribution in [0.4, 0.5) is 4.39 Å². The van der Waals surface area contributed by atoms with Crippen molar-refractivity contribution >= 4 is 16.0 Å². The average Bonchev–Trinajstić information content (AvgIpc) is 2.90. The Morgan fingerprint density at radius 1 is 1.45 bits per heavy atom. The lowest BCUT2D eigenvalue weighted by atomic mass is 10.3. The second-order valence-corrected chi connectivity index (χ2v) is 6.21. The van der Waals surface area contributed by atoms with Gasteiger partial charge in [0.1, 0.15) is 12.4 Å². The Morgan fingerprint density at radius 3 is 2.82 bits per heavy atom. The SMILES string of the molecule is COCCN(CC(=O)O)S(=O)(=O)c1c(F)ccc2c1OCO2. The minimum atomic E-state index is -4.43. The molecular weight excluding hydrogens is 321 g/mol. The number of carboxylic acids is 1. The van der Waals surface area contributed by atoms with Gasteiger partial charge >= 0.3 is 5.97 Å². The highest BCUT2D eigenvalue weighted by Crippen LogP contribution is 2.40. The number of nitrogens with zero attached hydrogens (tertiary/aromatic N) is 1. The molecule has 8 nitrogen and oxygen atoms in total. The van der Waals surface area contributed by atoms with Gasteiger partial charge in [-0.15, -0.1) is 0 Å². The normalized spacial score (nSPS) is 13.6. The molecular formula is C12H14FNO7S. The number of sulfonamides is 1. The molecule has 0 fully saturated rings. The van der Waals surface area contributed by atoms with Crippen molar-refractivity contribution in [2.45, 2.75) is 4.90 Å². The van der Waals surface area contributed by atoms with Crippen molar-refractivity contribution in [2.24, 2.45) is 0 Å². The van der Waals surface area contributed by atoms with E-state index in [9.17, 15) is 17.6 Å². The van der Waals surface area contributed by atoms with Crippen LogP contribution in [-0.4, -0.2) is 57.4 Å². The average molecular weight is 335 g/mol. The van der Waals surface area contributed by atoms with Crippen molar-refractivity contribution < 1.29 is 36.9 Å². The Labute approximate surface area is 126 Å². The molecule has 0 aromatic heterocycles. The van der Waals surface area contributed by atoms with Crippen LogP contribution < -0.4 is 9.47 Å². The van der Waals surface area contributed by atoms with E-state index >= 15 is 0 Å². The molecule has 1 aromatic carbocycles. The Hall–Kier alpha value is -1.91. The zero-order chi connectivity index (χ0) is 16.3. The second kappa shape index (κ2) is 6.46. The third-order valence-corrected chi connectivity index (χ3v) is 4.79. The molecule has 0 amide bonds. The first-order valence-corrected chi connectivity index (χ1v) is 7.61. The number of ether oxygens (including phenoxy) is 3. The minimum Gasteiger partial charge on any atom is -0.480 e. The largest absolute Gasteiger partial charge is 0.480 e. The summed E-state index contributed by atoms with van der Waals surface area (Å²) < 4.78 is 54.6. The Balaban J connectivity index is 2.47. The molecule has 10 heteroatoms. The Morgan fingerprint density at radius 2 is 2.18 bits per heavy atom. The molecule has 0 spiro atoms. The van der Waals surface area contributed by atoms with Crippen molar-refractivity contribution in [1.82, 2.24) is 4.31 Å². The molecule has 2 rings (SSSR count). The second-order valence-electron chi connectivity index (χ2n) is 4.34. The number of hydrogen-bond donors (Lipinski definition) is 1. The maximum Gasteiger partial charge on any atom is 0.318 e. The zero-order valence-electron chi connectivity index (χ0n) is 11.6. The number of benzene rings is 1. The molecule has 1 aliphatic heterocycles. The molecule has 0 atom stereocenters. The maximum absolute atomic E-state index is 14.0. The van der Waals surface area contributed by atoms with Crippen LogP contribution in [0.3, 0.4) is 0 Å². The number of hydrogen-bond acceptors (Lipinski definition) is 6.